The van der Waals surface area contributed by atoms with Crippen molar-refractivity contribution in [3.63, 3.8) is 0 Å². The summed E-state index contributed by atoms with van der Waals surface area (Å²) in [5.74, 6) is -0.103. The lowest BCUT2D eigenvalue weighted by Gasteiger charge is -2.23. The number of carbonyl (C=O) groups is 2. The number of para-hydroxylation sites is 1. The molecule has 2 N–H and O–H groups in total. The van der Waals surface area contributed by atoms with Gasteiger partial charge in [0.15, 0.2) is 0 Å². The van der Waals surface area contributed by atoms with Crippen LogP contribution in [-0.4, -0.2) is 34.6 Å². The maximum Gasteiger partial charge on any atom is 0.322 e. The van der Waals surface area contributed by atoms with Crippen molar-refractivity contribution < 1.29 is 14.7 Å². The largest absolute Gasteiger partial charge is 0.395 e. The molecule has 1 aromatic heterocycles. The van der Waals surface area contributed by atoms with Gasteiger partial charge in [0.25, 0.3) is 0 Å². The van der Waals surface area contributed by atoms with Crippen molar-refractivity contribution in [2.45, 2.75) is 13.5 Å². The van der Waals surface area contributed by atoms with Gasteiger partial charge in [0, 0.05) is 35.6 Å². The molecule has 1 heterocycles. The van der Waals surface area contributed by atoms with Crippen LogP contribution in [0.25, 0.3) is 0 Å². The van der Waals surface area contributed by atoms with Gasteiger partial charge in [0.2, 0.25) is 5.78 Å². The summed E-state index contributed by atoms with van der Waals surface area (Å²) >= 11 is 5.93. The van der Waals surface area contributed by atoms with Crippen molar-refractivity contribution in [3.05, 3.63) is 88.2 Å². The zero-order valence-corrected chi connectivity index (χ0v) is 17.7. The number of amides is 2. The minimum atomic E-state index is -0.320. The Kier molecular flexibility index (Phi) is 6.92. The molecule has 6 nitrogen and oxygen atoms in total. The third kappa shape index (κ3) is 4.72. The minimum Gasteiger partial charge on any atom is -0.395 e. The van der Waals surface area contributed by atoms with Crippen LogP contribution in [0.2, 0.25) is 5.02 Å². The standard InChI is InChI=1S/C23H24ClN3O3/c1-16-14-20(26(2)21(16)22(29)17-8-10-18(24)11-9-17)15-27(23(30)25-12-13-28)19-6-4-3-5-7-19/h3-11,14,28H,12-13,15H2,1-2H3,(H,25,30). The second-order valence-electron chi connectivity index (χ2n) is 6.94. The quantitative estimate of drug-likeness (QED) is 0.563. The normalized spacial score (nSPS) is 10.7. The lowest BCUT2D eigenvalue weighted by atomic mass is 10.1. The molecule has 7 heteroatoms. The summed E-state index contributed by atoms with van der Waals surface area (Å²) in [5, 5.41) is 12.3. The van der Waals surface area contributed by atoms with E-state index in [9.17, 15) is 9.59 Å². The molecule has 156 valence electrons. The van der Waals surface area contributed by atoms with Crippen LogP contribution in [0.4, 0.5) is 10.5 Å². The zero-order valence-electron chi connectivity index (χ0n) is 16.9. The summed E-state index contributed by atoms with van der Waals surface area (Å²) in [5.41, 5.74) is 3.48. The maximum absolute atomic E-state index is 13.1. The Bertz CT molecular complexity index is 1030. The molecule has 0 atom stereocenters. The molecule has 0 fully saturated rings. The first-order valence-electron chi connectivity index (χ1n) is 9.59. The van der Waals surface area contributed by atoms with Crippen molar-refractivity contribution in [1.82, 2.24) is 9.88 Å². The van der Waals surface area contributed by atoms with Gasteiger partial charge in [-0.2, -0.15) is 0 Å². The summed E-state index contributed by atoms with van der Waals surface area (Å²) in [6.45, 7) is 2.17. The number of urea groups is 1. The SMILES string of the molecule is Cc1cc(CN(C(=O)NCCO)c2ccccc2)n(C)c1C(=O)c1ccc(Cl)cc1. The van der Waals surface area contributed by atoms with E-state index < -0.39 is 0 Å². The monoisotopic (exact) mass is 425 g/mol. The van der Waals surface area contributed by atoms with Crippen LogP contribution in [0.15, 0.2) is 60.7 Å². The minimum absolute atomic E-state index is 0.103. The number of hydrogen-bond donors (Lipinski definition) is 2. The number of ketones is 1. The highest BCUT2D eigenvalue weighted by atomic mass is 35.5. The molecule has 0 spiro atoms. The molecule has 0 aliphatic carbocycles. The first kappa shape index (κ1) is 21.6. The number of carbonyl (C=O) groups excluding carboxylic acids is 2. The van der Waals surface area contributed by atoms with Crippen LogP contribution in [0.3, 0.4) is 0 Å². The van der Waals surface area contributed by atoms with E-state index in [4.69, 9.17) is 16.7 Å². The highest BCUT2D eigenvalue weighted by molar-refractivity contribution is 6.30. The number of benzene rings is 2. The Morgan fingerprint density at radius 3 is 2.40 bits per heavy atom. The number of aromatic nitrogens is 1. The number of aliphatic hydroxyl groups excluding tert-OH is 1. The number of nitrogens with zero attached hydrogens (tertiary/aromatic N) is 2. The first-order chi connectivity index (χ1) is 14.4. The predicted octanol–water partition coefficient (Wildman–Crippen LogP) is 3.93. The average molecular weight is 426 g/mol. The Labute approximate surface area is 180 Å². The van der Waals surface area contributed by atoms with E-state index in [1.165, 1.54) is 0 Å². The lowest BCUT2D eigenvalue weighted by Crippen LogP contribution is -2.41. The van der Waals surface area contributed by atoms with Crippen molar-refractivity contribution in [2.75, 3.05) is 18.1 Å². The predicted molar refractivity (Wildman–Crippen MR) is 118 cm³/mol. The van der Waals surface area contributed by atoms with E-state index in [1.807, 2.05) is 54.9 Å². The molecule has 0 aliphatic rings. The molecule has 3 rings (SSSR count). The molecular weight excluding hydrogens is 402 g/mol. The van der Waals surface area contributed by atoms with E-state index in [2.05, 4.69) is 5.32 Å². The summed E-state index contributed by atoms with van der Waals surface area (Å²) in [6, 6.07) is 17.7. The zero-order chi connectivity index (χ0) is 21.7. The molecule has 0 unspecified atom stereocenters. The van der Waals surface area contributed by atoms with Gasteiger partial charge < -0.3 is 15.0 Å². The molecular formula is C23H24ClN3O3. The second-order valence-corrected chi connectivity index (χ2v) is 7.38. The molecule has 2 amide bonds. The lowest BCUT2D eigenvalue weighted by molar-refractivity contribution is 0.103. The van der Waals surface area contributed by atoms with E-state index in [-0.39, 0.29) is 31.5 Å². The summed E-state index contributed by atoms with van der Waals surface area (Å²) in [6.07, 6.45) is 0. The molecule has 2 aromatic carbocycles. The molecule has 0 aliphatic heterocycles. The van der Waals surface area contributed by atoms with E-state index in [0.717, 1.165) is 16.9 Å². The Morgan fingerprint density at radius 1 is 1.10 bits per heavy atom. The fourth-order valence-electron chi connectivity index (χ4n) is 3.35. The molecule has 30 heavy (non-hydrogen) atoms. The van der Waals surface area contributed by atoms with Gasteiger partial charge in [0.05, 0.1) is 18.8 Å². The Balaban J connectivity index is 1.92. The highest BCUT2D eigenvalue weighted by Gasteiger charge is 2.22. The van der Waals surface area contributed by atoms with Crippen molar-refractivity contribution >= 4 is 29.1 Å². The highest BCUT2D eigenvalue weighted by Crippen LogP contribution is 2.23. The summed E-state index contributed by atoms with van der Waals surface area (Å²) in [7, 11) is 1.82. The number of aliphatic hydroxyl groups is 1. The van der Waals surface area contributed by atoms with Crippen LogP contribution in [-0.2, 0) is 13.6 Å². The molecule has 0 saturated heterocycles. The van der Waals surface area contributed by atoms with Gasteiger partial charge >= 0.3 is 6.03 Å². The Hall–Kier alpha value is -3.09. The van der Waals surface area contributed by atoms with Gasteiger partial charge in [-0.25, -0.2) is 4.79 Å². The van der Waals surface area contributed by atoms with E-state index in [0.29, 0.717) is 16.3 Å². The number of halogens is 1. The van der Waals surface area contributed by atoms with Crippen molar-refractivity contribution in [2.24, 2.45) is 7.05 Å². The van der Waals surface area contributed by atoms with Crippen LogP contribution in [0.1, 0.15) is 27.3 Å². The first-order valence-corrected chi connectivity index (χ1v) is 9.97. The van der Waals surface area contributed by atoms with Gasteiger partial charge in [0.1, 0.15) is 0 Å². The molecule has 0 saturated carbocycles. The molecule has 0 radical (unpaired) electrons. The summed E-state index contributed by atoms with van der Waals surface area (Å²) < 4.78 is 1.82. The van der Waals surface area contributed by atoms with Crippen molar-refractivity contribution in [3.8, 4) is 0 Å². The van der Waals surface area contributed by atoms with Gasteiger partial charge in [-0.1, -0.05) is 29.8 Å². The fraction of sp³-hybridized carbons (Fsp3) is 0.217. The van der Waals surface area contributed by atoms with Crippen LogP contribution in [0.5, 0.6) is 0 Å². The number of anilines is 1. The second kappa shape index (κ2) is 9.61. The van der Waals surface area contributed by atoms with E-state index >= 15 is 0 Å². The van der Waals surface area contributed by atoms with Crippen LogP contribution >= 0.6 is 11.6 Å². The smallest absolute Gasteiger partial charge is 0.322 e. The van der Waals surface area contributed by atoms with Gasteiger partial charge in [-0.3, -0.25) is 9.69 Å². The fourth-order valence-corrected chi connectivity index (χ4v) is 3.48. The number of rotatable bonds is 7. The molecule has 3 aromatic rings. The van der Waals surface area contributed by atoms with Crippen LogP contribution < -0.4 is 10.2 Å². The summed E-state index contributed by atoms with van der Waals surface area (Å²) in [4.78, 5) is 27.4. The number of nitrogens with one attached hydrogen (secondary N) is 1. The van der Waals surface area contributed by atoms with Crippen LogP contribution in [0, 0.1) is 6.92 Å². The maximum atomic E-state index is 13.1. The van der Waals surface area contributed by atoms with E-state index in [1.54, 1.807) is 29.2 Å². The number of hydrogen-bond acceptors (Lipinski definition) is 3. The third-order valence-electron chi connectivity index (χ3n) is 4.87. The average Bonchev–Trinajstić information content (AvgIpc) is 3.03. The third-order valence-corrected chi connectivity index (χ3v) is 5.12. The number of aryl methyl sites for hydroxylation is 1. The van der Waals surface area contributed by atoms with Gasteiger partial charge in [-0.05, 0) is 55.0 Å². The van der Waals surface area contributed by atoms with Gasteiger partial charge in [-0.15, -0.1) is 0 Å². The topological polar surface area (TPSA) is 74.6 Å². The Morgan fingerprint density at radius 2 is 1.77 bits per heavy atom. The molecule has 0 bridgehead atoms. The van der Waals surface area contributed by atoms with Crippen molar-refractivity contribution in [1.29, 1.82) is 0 Å².